The third-order valence-electron chi connectivity index (χ3n) is 4.70. The Labute approximate surface area is 148 Å². The molecule has 2 unspecified atom stereocenters. The first-order valence-corrected chi connectivity index (χ1v) is 8.19. The average Bonchev–Trinajstić information content (AvgIpc) is 3.26. The number of anilines is 1. The van der Waals surface area contributed by atoms with E-state index in [1.165, 1.54) is 12.3 Å². The number of benzene rings is 1. The second-order valence-electron chi connectivity index (χ2n) is 6.22. The van der Waals surface area contributed by atoms with Gasteiger partial charge in [0, 0.05) is 49.6 Å². The molecule has 0 aliphatic carbocycles. The van der Waals surface area contributed by atoms with Gasteiger partial charge in [0.05, 0.1) is 16.4 Å². The smallest absolute Gasteiger partial charge is 0.278 e. The van der Waals surface area contributed by atoms with Crippen LogP contribution in [0.1, 0.15) is 24.2 Å². The molecule has 0 saturated carbocycles. The van der Waals surface area contributed by atoms with E-state index in [-0.39, 0.29) is 17.8 Å². The van der Waals surface area contributed by atoms with E-state index in [9.17, 15) is 10.1 Å². The summed E-state index contributed by atoms with van der Waals surface area (Å²) < 4.78 is 10.9. The van der Waals surface area contributed by atoms with Crippen molar-refractivity contribution in [3.8, 4) is 0 Å². The van der Waals surface area contributed by atoms with Crippen molar-refractivity contribution in [3.05, 3.63) is 52.4 Å². The molecule has 2 atom stereocenters. The summed E-state index contributed by atoms with van der Waals surface area (Å²) in [7, 11) is 1.67. The van der Waals surface area contributed by atoms with Crippen molar-refractivity contribution >= 4 is 22.1 Å². The van der Waals surface area contributed by atoms with Crippen LogP contribution in [0.3, 0.4) is 0 Å². The van der Waals surface area contributed by atoms with E-state index >= 15 is 0 Å². The highest BCUT2D eigenvalue weighted by molar-refractivity contribution is 5.99. The maximum atomic E-state index is 11.3. The molecule has 1 aliphatic rings. The zero-order valence-corrected chi connectivity index (χ0v) is 14.3. The summed E-state index contributed by atoms with van der Waals surface area (Å²) in [6.45, 7) is 2.39. The van der Waals surface area contributed by atoms with Crippen molar-refractivity contribution in [2.24, 2.45) is 0 Å². The first-order chi connectivity index (χ1) is 12.6. The molecule has 0 radical (unpaired) electrons. The molecule has 4 rings (SSSR count). The number of non-ortho nitro benzene ring substituents is 1. The molecule has 0 bridgehead atoms. The van der Waals surface area contributed by atoms with Gasteiger partial charge in [-0.2, -0.15) is 4.98 Å². The van der Waals surface area contributed by atoms with Gasteiger partial charge in [0.25, 0.3) is 5.69 Å². The van der Waals surface area contributed by atoms with Crippen LogP contribution in [0.4, 0.5) is 11.4 Å². The standard InChI is InChI=1S/C17H17N5O4/c1-10-19-17(26-20-10)16-7-11(25-2)9-21(16)14-3-4-15(22(23)24)13-8-18-6-5-12(13)14/h3-6,8,11,16H,7,9H2,1-2H3. The summed E-state index contributed by atoms with van der Waals surface area (Å²) in [6.07, 6.45) is 3.85. The van der Waals surface area contributed by atoms with Crippen molar-refractivity contribution in [2.45, 2.75) is 25.5 Å². The normalized spacial score (nSPS) is 20.0. The molecule has 1 aromatic carbocycles. The van der Waals surface area contributed by atoms with Crippen LogP contribution < -0.4 is 4.90 Å². The summed E-state index contributed by atoms with van der Waals surface area (Å²) in [5, 5.41) is 16.5. The number of pyridine rings is 1. The molecule has 3 heterocycles. The molecule has 1 saturated heterocycles. The average molecular weight is 355 g/mol. The van der Waals surface area contributed by atoms with Gasteiger partial charge in [-0.05, 0) is 19.1 Å². The van der Waals surface area contributed by atoms with Gasteiger partial charge in [-0.3, -0.25) is 15.1 Å². The number of rotatable bonds is 4. The van der Waals surface area contributed by atoms with Gasteiger partial charge in [0.15, 0.2) is 5.82 Å². The Morgan fingerprint density at radius 2 is 2.19 bits per heavy atom. The number of ether oxygens (including phenoxy) is 1. The van der Waals surface area contributed by atoms with E-state index in [1.807, 2.05) is 0 Å². The largest absolute Gasteiger partial charge is 0.380 e. The lowest BCUT2D eigenvalue weighted by atomic mass is 10.1. The SMILES string of the molecule is COC1CC(c2nc(C)no2)N(c2ccc([N+](=O)[O-])c3cnccc23)C1. The highest BCUT2D eigenvalue weighted by Gasteiger charge is 2.38. The Balaban J connectivity index is 1.85. The first kappa shape index (κ1) is 16.4. The lowest BCUT2D eigenvalue weighted by Crippen LogP contribution is -2.25. The van der Waals surface area contributed by atoms with Gasteiger partial charge in [-0.15, -0.1) is 0 Å². The third-order valence-corrected chi connectivity index (χ3v) is 4.70. The van der Waals surface area contributed by atoms with Crippen molar-refractivity contribution < 1.29 is 14.2 Å². The van der Waals surface area contributed by atoms with E-state index in [0.29, 0.717) is 30.1 Å². The predicted molar refractivity (Wildman–Crippen MR) is 92.9 cm³/mol. The molecule has 134 valence electrons. The van der Waals surface area contributed by atoms with Crippen LogP contribution >= 0.6 is 0 Å². The van der Waals surface area contributed by atoms with Gasteiger partial charge in [0.2, 0.25) is 5.89 Å². The van der Waals surface area contributed by atoms with Gasteiger partial charge in [0.1, 0.15) is 6.04 Å². The number of nitro groups is 1. The number of hydrogen-bond acceptors (Lipinski definition) is 8. The fourth-order valence-corrected chi connectivity index (χ4v) is 3.49. The fraction of sp³-hybridized carbons (Fsp3) is 0.353. The highest BCUT2D eigenvalue weighted by atomic mass is 16.6. The molecule has 9 nitrogen and oxygen atoms in total. The Bertz CT molecular complexity index is 973. The fourth-order valence-electron chi connectivity index (χ4n) is 3.49. The van der Waals surface area contributed by atoms with Crippen molar-refractivity contribution in [3.63, 3.8) is 0 Å². The number of aryl methyl sites for hydroxylation is 1. The van der Waals surface area contributed by atoms with Crippen LogP contribution in [0.2, 0.25) is 0 Å². The maximum absolute atomic E-state index is 11.3. The lowest BCUT2D eigenvalue weighted by Gasteiger charge is -2.25. The van der Waals surface area contributed by atoms with Crippen LogP contribution in [0.5, 0.6) is 0 Å². The molecule has 0 spiro atoms. The zero-order valence-electron chi connectivity index (χ0n) is 14.3. The number of hydrogen-bond donors (Lipinski definition) is 0. The number of fused-ring (bicyclic) bond motifs is 1. The monoisotopic (exact) mass is 355 g/mol. The van der Waals surface area contributed by atoms with E-state index in [4.69, 9.17) is 9.26 Å². The molecule has 1 fully saturated rings. The number of nitrogens with zero attached hydrogens (tertiary/aromatic N) is 5. The summed E-state index contributed by atoms with van der Waals surface area (Å²) in [5.41, 5.74) is 0.887. The molecule has 26 heavy (non-hydrogen) atoms. The van der Waals surface area contributed by atoms with Crippen LogP contribution in [0.25, 0.3) is 10.8 Å². The molecule has 0 amide bonds. The maximum Gasteiger partial charge on any atom is 0.278 e. The minimum Gasteiger partial charge on any atom is -0.380 e. The van der Waals surface area contributed by atoms with E-state index in [2.05, 4.69) is 20.0 Å². The van der Waals surface area contributed by atoms with Gasteiger partial charge < -0.3 is 14.2 Å². The van der Waals surface area contributed by atoms with Crippen molar-refractivity contribution in [2.75, 3.05) is 18.6 Å². The quantitative estimate of drug-likeness (QED) is 0.519. The number of nitro benzene ring substituents is 1. The minimum absolute atomic E-state index is 0.000662. The molecular formula is C17H17N5O4. The second kappa shape index (κ2) is 6.34. The Hall–Kier alpha value is -3.07. The summed E-state index contributed by atoms with van der Waals surface area (Å²) >= 11 is 0. The van der Waals surface area contributed by atoms with Gasteiger partial charge >= 0.3 is 0 Å². The zero-order chi connectivity index (χ0) is 18.3. The Morgan fingerprint density at radius 1 is 1.35 bits per heavy atom. The molecule has 9 heteroatoms. The van der Waals surface area contributed by atoms with Crippen LogP contribution in [0, 0.1) is 17.0 Å². The predicted octanol–water partition coefficient (Wildman–Crippen LogP) is 2.80. The van der Waals surface area contributed by atoms with Gasteiger partial charge in [-0.1, -0.05) is 5.16 Å². The van der Waals surface area contributed by atoms with Crippen LogP contribution in [0.15, 0.2) is 35.1 Å². The minimum atomic E-state index is -0.394. The number of methoxy groups -OCH3 is 1. The topological polar surface area (TPSA) is 107 Å². The third kappa shape index (κ3) is 2.66. The molecule has 2 aromatic heterocycles. The first-order valence-electron chi connectivity index (χ1n) is 8.19. The van der Waals surface area contributed by atoms with Crippen LogP contribution in [-0.2, 0) is 4.74 Å². The summed E-state index contributed by atoms with van der Waals surface area (Å²) in [6, 6.07) is 4.90. The number of aromatic nitrogens is 3. The Kier molecular flexibility index (Phi) is 4.00. The summed E-state index contributed by atoms with van der Waals surface area (Å²) in [4.78, 5) is 21.5. The molecule has 1 aliphatic heterocycles. The molecule has 0 N–H and O–H groups in total. The van der Waals surface area contributed by atoms with Gasteiger partial charge in [-0.25, -0.2) is 0 Å². The summed E-state index contributed by atoms with van der Waals surface area (Å²) in [5.74, 6) is 1.08. The van der Waals surface area contributed by atoms with E-state index in [0.717, 1.165) is 11.1 Å². The molecule has 3 aromatic rings. The Morgan fingerprint density at radius 3 is 2.88 bits per heavy atom. The van der Waals surface area contributed by atoms with E-state index in [1.54, 1.807) is 32.4 Å². The van der Waals surface area contributed by atoms with Crippen molar-refractivity contribution in [1.29, 1.82) is 0 Å². The van der Waals surface area contributed by atoms with E-state index < -0.39 is 4.92 Å². The lowest BCUT2D eigenvalue weighted by molar-refractivity contribution is -0.383. The molecular weight excluding hydrogens is 338 g/mol. The highest BCUT2D eigenvalue weighted by Crippen LogP contribution is 2.41. The van der Waals surface area contributed by atoms with Crippen LogP contribution in [-0.4, -0.2) is 39.8 Å². The van der Waals surface area contributed by atoms with Crippen molar-refractivity contribution in [1.82, 2.24) is 15.1 Å². The second-order valence-corrected chi connectivity index (χ2v) is 6.22.